The molecule has 0 amide bonds. The summed E-state index contributed by atoms with van der Waals surface area (Å²) in [5.41, 5.74) is 8.13. The summed E-state index contributed by atoms with van der Waals surface area (Å²) in [6, 6.07) is 6.47. The molecule has 4 heteroatoms. The maximum Gasteiger partial charge on any atom is 0.123 e. The van der Waals surface area contributed by atoms with E-state index in [1.165, 1.54) is 12.1 Å². The second-order valence-electron chi connectivity index (χ2n) is 3.73. The number of imidazole rings is 1. The van der Waals surface area contributed by atoms with Gasteiger partial charge in [0.2, 0.25) is 0 Å². The molecule has 2 aromatic rings. The molecule has 0 saturated heterocycles. The normalized spacial score (nSPS) is 10.8. The van der Waals surface area contributed by atoms with Gasteiger partial charge in [-0.2, -0.15) is 0 Å². The van der Waals surface area contributed by atoms with E-state index in [1.54, 1.807) is 6.07 Å². The van der Waals surface area contributed by atoms with Crippen molar-refractivity contribution in [2.24, 2.45) is 12.8 Å². The van der Waals surface area contributed by atoms with Gasteiger partial charge in [-0.15, -0.1) is 0 Å². The van der Waals surface area contributed by atoms with E-state index in [-0.39, 0.29) is 5.82 Å². The summed E-state index contributed by atoms with van der Waals surface area (Å²) < 4.78 is 15.1. The fourth-order valence-corrected chi connectivity index (χ4v) is 1.82. The standard InChI is InChI=1S/C12H14FN3/c1-8-15-11(7-14)12(16(8)2)9-4-3-5-10(13)6-9/h3-6H,7,14H2,1-2H3. The molecule has 0 aliphatic heterocycles. The fourth-order valence-electron chi connectivity index (χ4n) is 1.82. The van der Waals surface area contributed by atoms with E-state index in [1.807, 2.05) is 24.6 Å². The van der Waals surface area contributed by atoms with Gasteiger partial charge in [-0.05, 0) is 19.1 Å². The van der Waals surface area contributed by atoms with Gasteiger partial charge in [-0.1, -0.05) is 12.1 Å². The quantitative estimate of drug-likeness (QED) is 0.839. The van der Waals surface area contributed by atoms with Gasteiger partial charge >= 0.3 is 0 Å². The molecule has 0 unspecified atom stereocenters. The molecule has 0 aliphatic carbocycles. The van der Waals surface area contributed by atoms with Crippen LogP contribution in [0.25, 0.3) is 11.3 Å². The van der Waals surface area contributed by atoms with E-state index < -0.39 is 0 Å². The zero-order valence-electron chi connectivity index (χ0n) is 9.37. The van der Waals surface area contributed by atoms with Gasteiger partial charge in [0.15, 0.2) is 0 Å². The van der Waals surface area contributed by atoms with E-state index in [0.717, 1.165) is 22.8 Å². The summed E-state index contributed by atoms with van der Waals surface area (Å²) in [5, 5.41) is 0. The average molecular weight is 219 g/mol. The lowest BCUT2D eigenvalue weighted by Crippen LogP contribution is -2.00. The Morgan fingerprint density at radius 1 is 1.44 bits per heavy atom. The molecular formula is C12H14FN3. The van der Waals surface area contributed by atoms with E-state index in [0.29, 0.717) is 6.54 Å². The largest absolute Gasteiger partial charge is 0.331 e. The molecular weight excluding hydrogens is 205 g/mol. The van der Waals surface area contributed by atoms with Gasteiger partial charge < -0.3 is 10.3 Å². The molecule has 0 atom stereocenters. The van der Waals surface area contributed by atoms with E-state index in [9.17, 15) is 4.39 Å². The zero-order valence-corrected chi connectivity index (χ0v) is 9.37. The highest BCUT2D eigenvalue weighted by Crippen LogP contribution is 2.24. The summed E-state index contributed by atoms with van der Waals surface area (Å²) in [7, 11) is 1.90. The van der Waals surface area contributed by atoms with Crippen LogP contribution in [0, 0.1) is 12.7 Å². The molecule has 0 spiro atoms. The van der Waals surface area contributed by atoms with E-state index >= 15 is 0 Å². The third-order valence-corrected chi connectivity index (χ3v) is 2.68. The van der Waals surface area contributed by atoms with Crippen molar-refractivity contribution < 1.29 is 4.39 Å². The zero-order chi connectivity index (χ0) is 11.7. The number of hydrogen-bond donors (Lipinski definition) is 1. The summed E-state index contributed by atoms with van der Waals surface area (Å²) in [6.45, 7) is 2.26. The monoisotopic (exact) mass is 219 g/mol. The minimum atomic E-state index is -0.251. The van der Waals surface area contributed by atoms with Crippen LogP contribution in [-0.2, 0) is 13.6 Å². The predicted molar refractivity (Wildman–Crippen MR) is 61.2 cm³/mol. The van der Waals surface area contributed by atoms with Crippen LogP contribution in [0.1, 0.15) is 11.5 Å². The SMILES string of the molecule is Cc1nc(CN)c(-c2cccc(F)c2)n1C. The second-order valence-corrected chi connectivity index (χ2v) is 3.73. The van der Waals surface area contributed by atoms with Gasteiger partial charge in [-0.25, -0.2) is 9.37 Å². The lowest BCUT2D eigenvalue weighted by Gasteiger charge is -2.06. The molecule has 0 bridgehead atoms. The Bertz CT molecular complexity index is 517. The minimum Gasteiger partial charge on any atom is -0.331 e. The number of aryl methyl sites for hydroxylation is 1. The van der Waals surface area contributed by atoms with Crippen LogP contribution >= 0.6 is 0 Å². The summed E-state index contributed by atoms with van der Waals surface area (Å²) in [6.07, 6.45) is 0. The number of rotatable bonds is 2. The lowest BCUT2D eigenvalue weighted by molar-refractivity contribution is 0.628. The van der Waals surface area contributed by atoms with Crippen molar-refractivity contribution in [3.63, 3.8) is 0 Å². The Morgan fingerprint density at radius 3 is 2.81 bits per heavy atom. The summed E-state index contributed by atoms with van der Waals surface area (Å²) in [5.74, 6) is 0.624. The van der Waals surface area contributed by atoms with Gasteiger partial charge in [0.05, 0.1) is 11.4 Å². The highest BCUT2D eigenvalue weighted by molar-refractivity contribution is 5.63. The maximum absolute atomic E-state index is 13.2. The molecule has 0 saturated carbocycles. The molecule has 3 nitrogen and oxygen atoms in total. The second kappa shape index (κ2) is 4.06. The minimum absolute atomic E-state index is 0.251. The third-order valence-electron chi connectivity index (χ3n) is 2.68. The molecule has 84 valence electrons. The topological polar surface area (TPSA) is 43.8 Å². The number of benzene rings is 1. The number of nitrogens with two attached hydrogens (primary N) is 1. The lowest BCUT2D eigenvalue weighted by atomic mass is 10.1. The molecule has 1 heterocycles. The number of halogens is 1. The van der Waals surface area contributed by atoms with Crippen molar-refractivity contribution >= 4 is 0 Å². The number of nitrogens with zero attached hydrogens (tertiary/aromatic N) is 2. The Kier molecular flexibility index (Phi) is 2.75. The van der Waals surface area contributed by atoms with Crippen LogP contribution < -0.4 is 5.73 Å². The molecule has 16 heavy (non-hydrogen) atoms. The first kappa shape index (κ1) is 10.8. The van der Waals surface area contributed by atoms with Crippen molar-refractivity contribution in [1.82, 2.24) is 9.55 Å². The molecule has 2 N–H and O–H groups in total. The van der Waals surface area contributed by atoms with Crippen molar-refractivity contribution in [1.29, 1.82) is 0 Å². The molecule has 0 aliphatic rings. The summed E-state index contributed by atoms with van der Waals surface area (Å²) >= 11 is 0. The number of hydrogen-bond acceptors (Lipinski definition) is 2. The van der Waals surface area contributed by atoms with Gasteiger partial charge in [0, 0.05) is 19.2 Å². The van der Waals surface area contributed by atoms with Crippen LogP contribution in [0.15, 0.2) is 24.3 Å². The number of aromatic nitrogens is 2. The Balaban J connectivity index is 2.63. The Morgan fingerprint density at radius 2 is 2.19 bits per heavy atom. The Labute approximate surface area is 93.7 Å². The first-order valence-electron chi connectivity index (χ1n) is 5.11. The van der Waals surface area contributed by atoms with Crippen LogP contribution in [-0.4, -0.2) is 9.55 Å². The Hall–Kier alpha value is -1.68. The first-order valence-corrected chi connectivity index (χ1v) is 5.11. The van der Waals surface area contributed by atoms with Crippen molar-refractivity contribution in [2.75, 3.05) is 0 Å². The van der Waals surface area contributed by atoms with Crippen LogP contribution in [0.3, 0.4) is 0 Å². The highest BCUT2D eigenvalue weighted by Gasteiger charge is 2.13. The van der Waals surface area contributed by atoms with Gasteiger partial charge in [-0.3, -0.25) is 0 Å². The van der Waals surface area contributed by atoms with Crippen LogP contribution in [0.5, 0.6) is 0 Å². The molecule has 0 radical (unpaired) electrons. The average Bonchev–Trinajstić information content (AvgIpc) is 2.55. The molecule has 0 fully saturated rings. The molecule has 1 aromatic heterocycles. The third kappa shape index (κ3) is 1.72. The molecule has 2 rings (SSSR count). The van der Waals surface area contributed by atoms with E-state index in [2.05, 4.69) is 4.98 Å². The van der Waals surface area contributed by atoms with Gasteiger partial charge in [0.1, 0.15) is 11.6 Å². The predicted octanol–water partition coefficient (Wildman–Crippen LogP) is 1.99. The maximum atomic E-state index is 13.2. The fraction of sp³-hybridized carbons (Fsp3) is 0.250. The van der Waals surface area contributed by atoms with Crippen LogP contribution in [0.2, 0.25) is 0 Å². The first-order chi connectivity index (χ1) is 7.63. The van der Waals surface area contributed by atoms with Crippen LogP contribution in [0.4, 0.5) is 4.39 Å². The molecule has 1 aromatic carbocycles. The highest BCUT2D eigenvalue weighted by atomic mass is 19.1. The smallest absolute Gasteiger partial charge is 0.123 e. The van der Waals surface area contributed by atoms with Crippen molar-refractivity contribution in [3.05, 3.63) is 41.6 Å². The van der Waals surface area contributed by atoms with Crippen molar-refractivity contribution in [2.45, 2.75) is 13.5 Å². The van der Waals surface area contributed by atoms with Crippen molar-refractivity contribution in [3.8, 4) is 11.3 Å². The summed E-state index contributed by atoms with van der Waals surface area (Å²) in [4.78, 5) is 4.35. The van der Waals surface area contributed by atoms with E-state index in [4.69, 9.17) is 5.73 Å². The van der Waals surface area contributed by atoms with Gasteiger partial charge in [0.25, 0.3) is 0 Å².